The minimum Gasteiger partial charge on any atom is -0.493 e. The van der Waals surface area contributed by atoms with Gasteiger partial charge in [0.2, 0.25) is 5.91 Å². The molecule has 1 amide bonds. The van der Waals surface area contributed by atoms with Crippen LogP contribution in [-0.2, 0) is 17.8 Å². The molecule has 0 unspecified atom stereocenters. The first kappa shape index (κ1) is 18.8. The van der Waals surface area contributed by atoms with Crippen molar-refractivity contribution in [3.05, 3.63) is 59.2 Å². The van der Waals surface area contributed by atoms with Gasteiger partial charge in [-0.05, 0) is 48.4 Å². The third kappa shape index (κ3) is 4.65. The molecule has 1 saturated heterocycles. The van der Waals surface area contributed by atoms with Gasteiger partial charge in [0.25, 0.3) is 0 Å². The highest BCUT2D eigenvalue weighted by molar-refractivity contribution is 5.76. The van der Waals surface area contributed by atoms with E-state index in [-0.39, 0.29) is 5.91 Å². The first-order valence-corrected chi connectivity index (χ1v) is 10.2. The molecule has 2 aliphatic rings. The molecule has 0 aliphatic carbocycles. The molecule has 0 radical (unpaired) electrons. The van der Waals surface area contributed by atoms with Gasteiger partial charge in [-0.3, -0.25) is 4.79 Å². The van der Waals surface area contributed by atoms with E-state index in [0.29, 0.717) is 13.0 Å². The Bertz CT molecular complexity index is 828. The predicted molar refractivity (Wildman–Crippen MR) is 108 cm³/mol. The van der Waals surface area contributed by atoms with E-state index in [4.69, 9.17) is 9.47 Å². The summed E-state index contributed by atoms with van der Waals surface area (Å²) in [4.78, 5) is 16.0. The maximum atomic E-state index is 12.5. The lowest BCUT2D eigenvalue weighted by Crippen LogP contribution is -3.13. The molecule has 2 heterocycles. The summed E-state index contributed by atoms with van der Waals surface area (Å²) < 4.78 is 11.3. The second-order valence-corrected chi connectivity index (χ2v) is 7.76. The Balaban J connectivity index is 1.20. The molecular weight excluding hydrogens is 352 g/mol. The third-order valence-electron chi connectivity index (χ3n) is 5.61. The first-order chi connectivity index (χ1) is 13.7. The fourth-order valence-corrected chi connectivity index (χ4v) is 4.01. The largest absolute Gasteiger partial charge is 0.493 e. The van der Waals surface area contributed by atoms with Crippen LogP contribution in [0.2, 0.25) is 0 Å². The zero-order chi connectivity index (χ0) is 19.3. The van der Waals surface area contributed by atoms with Crippen LogP contribution in [0, 0.1) is 6.92 Å². The van der Waals surface area contributed by atoms with Crippen LogP contribution >= 0.6 is 0 Å². The van der Waals surface area contributed by atoms with Crippen molar-refractivity contribution in [2.45, 2.75) is 26.3 Å². The van der Waals surface area contributed by atoms with Crippen molar-refractivity contribution in [1.29, 1.82) is 0 Å². The highest BCUT2D eigenvalue weighted by Crippen LogP contribution is 2.25. The van der Waals surface area contributed by atoms with Gasteiger partial charge in [0.15, 0.2) is 0 Å². The molecule has 5 nitrogen and oxygen atoms in total. The van der Waals surface area contributed by atoms with Gasteiger partial charge in [0.1, 0.15) is 18.0 Å². The topological polar surface area (TPSA) is 43.2 Å². The van der Waals surface area contributed by atoms with E-state index in [1.807, 2.05) is 36.1 Å². The van der Waals surface area contributed by atoms with Crippen molar-refractivity contribution in [3.63, 3.8) is 0 Å². The number of rotatable bonds is 6. The maximum absolute atomic E-state index is 12.5. The molecule has 0 atom stereocenters. The Morgan fingerprint density at radius 3 is 2.86 bits per heavy atom. The van der Waals surface area contributed by atoms with Crippen molar-refractivity contribution in [1.82, 2.24) is 4.90 Å². The number of benzene rings is 2. The summed E-state index contributed by atoms with van der Waals surface area (Å²) in [6.45, 7) is 7.95. The summed E-state index contributed by atoms with van der Waals surface area (Å²) in [5.41, 5.74) is 3.86. The Hall–Kier alpha value is -2.53. The number of carbonyl (C=O) groups is 1. The SMILES string of the molecule is Cc1cccc(OCCC(=O)N2CC[NH+](Cc3ccc4c(c3)CCO4)CC2)c1. The third-order valence-corrected chi connectivity index (χ3v) is 5.61. The first-order valence-electron chi connectivity index (χ1n) is 10.2. The van der Waals surface area contributed by atoms with Crippen LogP contribution in [0.4, 0.5) is 0 Å². The predicted octanol–water partition coefficient (Wildman–Crippen LogP) is 1.63. The minimum absolute atomic E-state index is 0.196. The molecule has 0 spiro atoms. The van der Waals surface area contributed by atoms with Gasteiger partial charge >= 0.3 is 0 Å². The van der Waals surface area contributed by atoms with Crippen molar-refractivity contribution in [2.24, 2.45) is 0 Å². The van der Waals surface area contributed by atoms with Crippen LogP contribution < -0.4 is 14.4 Å². The van der Waals surface area contributed by atoms with E-state index in [1.165, 1.54) is 16.7 Å². The van der Waals surface area contributed by atoms with Gasteiger partial charge in [-0.15, -0.1) is 0 Å². The number of nitrogens with one attached hydrogen (secondary N) is 1. The number of ether oxygens (including phenoxy) is 2. The highest BCUT2D eigenvalue weighted by atomic mass is 16.5. The van der Waals surface area contributed by atoms with E-state index in [1.54, 1.807) is 4.90 Å². The summed E-state index contributed by atoms with van der Waals surface area (Å²) in [5, 5.41) is 0. The normalized spacial score (nSPS) is 16.5. The fraction of sp³-hybridized carbons (Fsp3) is 0.435. The van der Waals surface area contributed by atoms with Crippen molar-refractivity contribution in [2.75, 3.05) is 39.4 Å². The maximum Gasteiger partial charge on any atom is 0.226 e. The number of amides is 1. The molecule has 5 heteroatoms. The van der Waals surface area contributed by atoms with E-state index in [0.717, 1.165) is 57.3 Å². The molecule has 28 heavy (non-hydrogen) atoms. The van der Waals surface area contributed by atoms with E-state index >= 15 is 0 Å². The average Bonchev–Trinajstić information content (AvgIpc) is 3.16. The summed E-state index contributed by atoms with van der Waals surface area (Å²) >= 11 is 0. The molecule has 0 bridgehead atoms. The lowest BCUT2D eigenvalue weighted by Gasteiger charge is -2.32. The quantitative estimate of drug-likeness (QED) is 0.827. The van der Waals surface area contributed by atoms with Gasteiger partial charge in [-0.25, -0.2) is 0 Å². The van der Waals surface area contributed by atoms with Gasteiger partial charge < -0.3 is 19.3 Å². The molecule has 1 N–H and O–H groups in total. The number of fused-ring (bicyclic) bond motifs is 1. The summed E-state index contributed by atoms with van der Waals surface area (Å²) in [6, 6.07) is 14.5. The summed E-state index contributed by atoms with van der Waals surface area (Å²) in [5.74, 6) is 2.07. The molecule has 1 fully saturated rings. The van der Waals surface area contributed by atoms with Crippen LogP contribution in [-0.4, -0.2) is 50.2 Å². The average molecular weight is 381 g/mol. The van der Waals surface area contributed by atoms with Crippen LogP contribution in [0.1, 0.15) is 23.1 Å². The molecule has 2 aromatic carbocycles. The molecule has 2 aliphatic heterocycles. The Labute approximate surface area is 166 Å². The minimum atomic E-state index is 0.196. The van der Waals surface area contributed by atoms with Gasteiger partial charge in [-0.2, -0.15) is 0 Å². The van der Waals surface area contributed by atoms with E-state index < -0.39 is 0 Å². The zero-order valence-corrected chi connectivity index (χ0v) is 16.6. The van der Waals surface area contributed by atoms with Gasteiger partial charge in [0, 0.05) is 12.0 Å². The molecule has 0 saturated carbocycles. The number of quaternary nitrogens is 1. The Morgan fingerprint density at radius 1 is 1.18 bits per heavy atom. The second kappa shape index (κ2) is 8.65. The van der Waals surface area contributed by atoms with E-state index in [9.17, 15) is 4.79 Å². The molecule has 2 aromatic rings. The van der Waals surface area contributed by atoms with Crippen molar-refractivity contribution >= 4 is 5.91 Å². The number of carbonyl (C=O) groups excluding carboxylic acids is 1. The fourth-order valence-electron chi connectivity index (χ4n) is 4.01. The summed E-state index contributed by atoms with van der Waals surface area (Å²) in [7, 11) is 0. The van der Waals surface area contributed by atoms with Gasteiger partial charge in [-0.1, -0.05) is 12.1 Å². The van der Waals surface area contributed by atoms with Crippen molar-refractivity contribution in [3.8, 4) is 11.5 Å². The monoisotopic (exact) mass is 381 g/mol. The van der Waals surface area contributed by atoms with Crippen molar-refractivity contribution < 1.29 is 19.2 Å². The Morgan fingerprint density at radius 2 is 2.04 bits per heavy atom. The lowest BCUT2D eigenvalue weighted by molar-refractivity contribution is -0.917. The number of nitrogens with zero attached hydrogens (tertiary/aromatic N) is 1. The zero-order valence-electron chi connectivity index (χ0n) is 16.6. The van der Waals surface area contributed by atoms with Gasteiger partial charge in [0.05, 0.1) is 45.8 Å². The lowest BCUT2D eigenvalue weighted by atomic mass is 10.1. The molecular formula is C23H29N2O3+. The van der Waals surface area contributed by atoms with Crippen LogP contribution in [0.3, 0.4) is 0 Å². The number of hydrogen-bond donors (Lipinski definition) is 1. The second-order valence-electron chi connectivity index (χ2n) is 7.76. The molecule has 4 rings (SSSR count). The number of piperazine rings is 1. The Kier molecular flexibility index (Phi) is 5.81. The van der Waals surface area contributed by atoms with Crippen LogP contribution in [0.25, 0.3) is 0 Å². The smallest absolute Gasteiger partial charge is 0.226 e. The number of aryl methyl sites for hydroxylation is 1. The standard InChI is InChI=1S/C23H28N2O3/c1-18-3-2-4-21(15-18)27-14-8-23(26)25-11-9-24(10-12-25)17-19-5-6-22-20(16-19)7-13-28-22/h2-6,15-16H,7-14,17H2,1H3/p+1. The van der Waals surface area contributed by atoms with E-state index in [2.05, 4.69) is 18.2 Å². The van der Waals surface area contributed by atoms with Crippen LogP contribution in [0.15, 0.2) is 42.5 Å². The number of hydrogen-bond acceptors (Lipinski definition) is 3. The van der Waals surface area contributed by atoms with Crippen LogP contribution in [0.5, 0.6) is 11.5 Å². The molecule has 148 valence electrons. The molecule has 0 aromatic heterocycles. The summed E-state index contributed by atoms with van der Waals surface area (Å²) in [6.07, 6.45) is 1.46. The highest BCUT2D eigenvalue weighted by Gasteiger charge is 2.24.